The van der Waals surface area contributed by atoms with Gasteiger partial charge in [0.25, 0.3) is 5.91 Å². The van der Waals surface area contributed by atoms with Crippen LogP contribution in [0.3, 0.4) is 0 Å². The van der Waals surface area contributed by atoms with Crippen LogP contribution in [0.15, 0.2) is 28.7 Å². The van der Waals surface area contributed by atoms with Crippen molar-refractivity contribution >= 4 is 17.2 Å². The summed E-state index contributed by atoms with van der Waals surface area (Å²) in [4.78, 5) is 14.1. The Hall–Kier alpha value is -1.59. The first-order valence-electron chi connectivity index (χ1n) is 7.42. The highest BCUT2D eigenvalue weighted by atomic mass is 32.1. The molecule has 110 valence electrons. The van der Waals surface area contributed by atoms with Gasteiger partial charge in [-0.15, -0.1) is 11.3 Å². The topological polar surface area (TPSA) is 54.3 Å². The van der Waals surface area contributed by atoms with Crippen molar-refractivity contribution in [2.45, 2.75) is 44.3 Å². The van der Waals surface area contributed by atoms with E-state index in [9.17, 15) is 4.79 Å². The first-order chi connectivity index (χ1) is 10.2. The normalized spacial score (nSPS) is 27.2. The highest BCUT2D eigenvalue weighted by Crippen LogP contribution is 2.31. The molecule has 0 aliphatic carbocycles. The number of thiophene rings is 1. The highest BCUT2D eigenvalue weighted by Gasteiger charge is 2.39. The summed E-state index contributed by atoms with van der Waals surface area (Å²) >= 11 is 1.48. The maximum absolute atomic E-state index is 12.4. The van der Waals surface area contributed by atoms with Gasteiger partial charge in [0.15, 0.2) is 0 Å². The van der Waals surface area contributed by atoms with Gasteiger partial charge < -0.3 is 15.1 Å². The van der Waals surface area contributed by atoms with Crippen molar-refractivity contribution in [2.24, 2.45) is 0 Å². The summed E-state index contributed by atoms with van der Waals surface area (Å²) in [5.41, 5.74) is 0. The van der Waals surface area contributed by atoms with E-state index in [0.29, 0.717) is 12.1 Å². The molecule has 3 unspecified atom stereocenters. The van der Waals surface area contributed by atoms with Crippen LogP contribution in [0.4, 0.5) is 0 Å². The van der Waals surface area contributed by atoms with E-state index in [4.69, 9.17) is 4.42 Å². The molecule has 0 spiro atoms. The molecule has 2 N–H and O–H groups in total. The summed E-state index contributed by atoms with van der Waals surface area (Å²) in [5.74, 6) is 1.75. The molecule has 2 aromatic rings. The molecule has 4 rings (SSSR count). The molecule has 0 aromatic carbocycles. The predicted octanol–water partition coefficient (Wildman–Crippen LogP) is 2.94. The third-order valence-corrected chi connectivity index (χ3v) is 5.53. The Bertz CT molecular complexity index is 675. The molecule has 2 aromatic heterocycles. The second-order valence-corrected chi connectivity index (χ2v) is 7.02. The zero-order valence-corrected chi connectivity index (χ0v) is 12.7. The van der Waals surface area contributed by atoms with Crippen LogP contribution in [-0.2, 0) is 0 Å². The van der Waals surface area contributed by atoms with Gasteiger partial charge in [-0.1, -0.05) is 0 Å². The fraction of sp³-hybridized carbons (Fsp3) is 0.438. The molecular weight excluding hydrogens is 284 g/mol. The molecule has 2 saturated heterocycles. The smallest absolute Gasteiger partial charge is 0.261 e. The molecular formula is C16H18N2O2S. The molecule has 1 amide bonds. The van der Waals surface area contributed by atoms with Crippen molar-refractivity contribution in [1.82, 2.24) is 10.6 Å². The third-order valence-electron chi connectivity index (χ3n) is 4.43. The number of rotatable bonds is 3. The van der Waals surface area contributed by atoms with Crippen LogP contribution >= 0.6 is 11.3 Å². The van der Waals surface area contributed by atoms with Crippen molar-refractivity contribution < 1.29 is 9.21 Å². The van der Waals surface area contributed by atoms with Gasteiger partial charge in [0, 0.05) is 18.1 Å². The lowest BCUT2D eigenvalue weighted by molar-refractivity contribution is 0.0935. The summed E-state index contributed by atoms with van der Waals surface area (Å²) in [6.45, 7) is 1.92. The number of carbonyl (C=O) groups is 1. The van der Waals surface area contributed by atoms with Crippen LogP contribution in [0.1, 0.15) is 34.7 Å². The van der Waals surface area contributed by atoms with Crippen LogP contribution in [0.25, 0.3) is 10.6 Å². The molecule has 0 saturated carbocycles. The summed E-state index contributed by atoms with van der Waals surface area (Å²) in [5, 5.41) is 6.72. The van der Waals surface area contributed by atoms with Crippen LogP contribution in [0.2, 0.25) is 0 Å². The zero-order chi connectivity index (χ0) is 14.4. The summed E-state index contributed by atoms with van der Waals surface area (Å²) in [7, 11) is 0. The minimum Gasteiger partial charge on any atom is -0.461 e. The Morgan fingerprint density at radius 1 is 1.33 bits per heavy atom. The second kappa shape index (κ2) is 5.00. The number of hydrogen-bond donors (Lipinski definition) is 2. The number of aryl methyl sites for hydroxylation is 1. The average Bonchev–Trinajstić information content (AvgIpc) is 3.22. The van der Waals surface area contributed by atoms with Gasteiger partial charge in [0.05, 0.1) is 9.75 Å². The van der Waals surface area contributed by atoms with Crippen LogP contribution in [0.5, 0.6) is 0 Å². The first kappa shape index (κ1) is 13.1. The lowest BCUT2D eigenvalue weighted by atomic mass is 9.95. The number of amides is 1. The Morgan fingerprint density at radius 2 is 2.24 bits per heavy atom. The third kappa shape index (κ3) is 2.40. The van der Waals surface area contributed by atoms with E-state index in [1.807, 2.05) is 31.2 Å². The quantitative estimate of drug-likeness (QED) is 0.916. The standard InChI is InChI=1S/C16H18N2O2S/c1-9-2-5-13(20-9)14-6-7-15(21-14)16(19)18-12-8-10-3-4-11(12)17-10/h2,5-7,10-12,17H,3-4,8H2,1H3,(H,18,19). The van der Waals surface area contributed by atoms with Crippen molar-refractivity contribution in [2.75, 3.05) is 0 Å². The Kier molecular flexibility index (Phi) is 3.12. The maximum Gasteiger partial charge on any atom is 0.261 e. The minimum atomic E-state index is 0.0360. The van der Waals surface area contributed by atoms with Crippen molar-refractivity contribution in [3.63, 3.8) is 0 Å². The molecule has 2 aliphatic rings. The van der Waals surface area contributed by atoms with E-state index in [-0.39, 0.29) is 11.9 Å². The summed E-state index contributed by atoms with van der Waals surface area (Å²) < 4.78 is 5.61. The van der Waals surface area contributed by atoms with Crippen molar-refractivity contribution in [3.05, 3.63) is 34.9 Å². The SMILES string of the molecule is Cc1ccc(-c2ccc(C(=O)NC3CC4CCC3N4)s2)o1. The first-order valence-corrected chi connectivity index (χ1v) is 8.24. The van der Waals surface area contributed by atoms with Gasteiger partial charge in [-0.3, -0.25) is 4.79 Å². The van der Waals surface area contributed by atoms with E-state index in [1.165, 1.54) is 24.2 Å². The number of hydrogen-bond acceptors (Lipinski definition) is 4. The Balaban J connectivity index is 1.46. The minimum absolute atomic E-state index is 0.0360. The molecule has 2 bridgehead atoms. The fourth-order valence-corrected chi connectivity index (χ4v) is 4.25. The molecule has 0 radical (unpaired) electrons. The fourth-order valence-electron chi connectivity index (χ4n) is 3.38. The molecule has 5 heteroatoms. The number of furan rings is 1. The molecule has 2 fully saturated rings. The zero-order valence-electron chi connectivity index (χ0n) is 11.9. The van der Waals surface area contributed by atoms with Gasteiger partial charge in [-0.25, -0.2) is 0 Å². The van der Waals surface area contributed by atoms with Gasteiger partial charge >= 0.3 is 0 Å². The maximum atomic E-state index is 12.4. The summed E-state index contributed by atoms with van der Waals surface area (Å²) in [6.07, 6.45) is 3.49. The highest BCUT2D eigenvalue weighted by molar-refractivity contribution is 7.17. The molecule has 3 atom stereocenters. The van der Waals surface area contributed by atoms with Crippen molar-refractivity contribution in [3.8, 4) is 10.6 Å². The predicted molar refractivity (Wildman–Crippen MR) is 82.6 cm³/mol. The Morgan fingerprint density at radius 3 is 2.90 bits per heavy atom. The lowest BCUT2D eigenvalue weighted by Crippen LogP contribution is -2.42. The van der Waals surface area contributed by atoms with Gasteiger partial charge in [0.1, 0.15) is 11.5 Å². The molecule has 4 nitrogen and oxygen atoms in total. The lowest BCUT2D eigenvalue weighted by Gasteiger charge is -2.20. The molecule has 21 heavy (non-hydrogen) atoms. The summed E-state index contributed by atoms with van der Waals surface area (Å²) in [6, 6.07) is 9.08. The van der Waals surface area contributed by atoms with Gasteiger partial charge in [-0.2, -0.15) is 0 Å². The van der Waals surface area contributed by atoms with E-state index >= 15 is 0 Å². The monoisotopic (exact) mass is 302 g/mol. The van der Waals surface area contributed by atoms with E-state index in [2.05, 4.69) is 10.6 Å². The largest absolute Gasteiger partial charge is 0.461 e. The van der Waals surface area contributed by atoms with Crippen LogP contribution in [-0.4, -0.2) is 24.0 Å². The van der Waals surface area contributed by atoms with E-state index in [0.717, 1.165) is 27.7 Å². The van der Waals surface area contributed by atoms with Crippen LogP contribution in [0, 0.1) is 6.92 Å². The average molecular weight is 302 g/mol. The second-order valence-electron chi connectivity index (χ2n) is 5.94. The van der Waals surface area contributed by atoms with E-state index in [1.54, 1.807) is 0 Å². The Labute approximate surface area is 127 Å². The molecule has 2 aliphatic heterocycles. The van der Waals surface area contributed by atoms with Gasteiger partial charge in [0.2, 0.25) is 0 Å². The van der Waals surface area contributed by atoms with Crippen molar-refractivity contribution in [1.29, 1.82) is 0 Å². The van der Waals surface area contributed by atoms with E-state index < -0.39 is 0 Å². The van der Waals surface area contributed by atoms with Crippen LogP contribution < -0.4 is 10.6 Å². The number of carbonyl (C=O) groups excluding carboxylic acids is 1. The van der Waals surface area contributed by atoms with Gasteiger partial charge in [-0.05, 0) is 50.5 Å². The number of fused-ring (bicyclic) bond motifs is 2. The molecule has 4 heterocycles. The number of nitrogens with one attached hydrogen (secondary N) is 2.